The van der Waals surface area contributed by atoms with Gasteiger partial charge in [-0.25, -0.2) is 9.59 Å². The predicted molar refractivity (Wildman–Crippen MR) is 63.6 cm³/mol. The first-order valence-electron chi connectivity index (χ1n) is 5.12. The number of carbonyl (C=O) groups excluding carboxylic acids is 2. The van der Waals surface area contributed by atoms with E-state index in [-0.39, 0.29) is 23.8 Å². The lowest BCUT2D eigenvalue weighted by molar-refractivity contribution is -0.119. The maximum atomic E-state index is 11.4. The highest BCUT2D eigenvalue weighted by Crippen LogP contribution is 2.16. The van der Waals surface area contributed by atoms with Gasteiger partial charge in [-0.2, -0.15) is 0 Å². The van der Waals surface area contributed by atoms with Gasteiger partial charge in [-0.15, -0.1) is 0 Å². The standard InChI is InChI=1S/C10H14N4O4/c1-5-3-6(8(13-5)9(16)17)14-10(18)12-4-7(15)11-2/h3,13H,4H2,1-2H3,(H,11,15)(H,16,17)(H2,12,14,18). The summed E-state index contributed by atoms with van der Waals surface area (Å²) in [5.74, 6) is -1.53. The Morgan fingerprint density at radius 3 is 2.61 bits per heavy atom. The molecule has 3 amide bonds. The molecule has 0 unspecified atom stereocenters. The molecular weight excluding hydrogens is 240 g/mol. The number of aromatic amines is 1. The highest BCUT2D eigenvalue weighted by Gasteiger charge is 2.15. The number of rotatable bonds is 4. The molecule has 0 fully saturated rings. The molecule has 98 valence electrons. The Hall–Kier alpha value is -2.51. The highest BCUT2D eigenvalue weighted by atomic mass is 16.4. The number of aromatic carboxylic acids is 1. The molecular formula is C10H14N4O4. The Morgan fingerprint density at radius 1 is 1.39 bits per heavy atom. The maximum absolute atomic E-state index is 11.4. The third-order valence-electron chi connectivity index (χ3n) is 2.10. The monoisotopic (exact) mass is 254 g/mol. The number of hydrogen-bond acceptors (Lipinski definition) is 3. The number of anilines is 1. The number of aromatic nitrogens is 1. The van der Waals surface area contributed by atoms with Gasteiger partial charge in [0.25, 0.3) is 0 Å². The normalized spacial score (nSPS) is 9.67. The molecule has 8 heteroatoms. The van der Waals surface area contributed by atoms with Crippen molar-refractivity contribution >= 4 is 23.6 Å². The van der Waals surface area contributed by atoms with E-state index in [4.69, 9.17) is 5.11 Å². The van der Waals surface area contributed by atoms with Gasteiger partial charge in [0, 0.05) is 12.7 Å². The summed E-state index contributed by atoms with van der Waals surface area (Å²) in [7, 11) is 1.44. The lowest BCUT2D eigenvalue weighted by Crippen LogP contribution is -2.37. The Kier molecular flexibility index (Phi) is 4.30. The fraction of sp³-hybridized carbons (Fsp3) is 0.300. The molecule has 0 aliphatic heterocycles. The van der Waals surface area contributed by atoms with Gasteiger partial charge in [-0.1, -0.05) is 0 Å². The van der Waals surface area contributed by atoms with Crippen molar-refractivity contribution in [1.82, 2.24) is 15.6 Å². The number of nitrogens with one attached hydrogen (secondary N) is 4. The second kappa shape index (κ2) is 5.71. The Bertz CT molecular complexity index is 480. The van der Waals surface area contributed by atoms with Gasteiger partial charge in [-0.05, 0) is 13.0 Å². The van der Waals surface area contributed by atoms with Crippen LogP contribution in [0.25, 0.3) is 0 Å². The Labute approximate surface area is 103 Å². The first kappa shape index (κ1) is 13.6. The van der Waals surface area contributed by atoms with Crippen molar-refractivity contribution in [3.8, 4) is 0 Å². The van der Waals surface area contributed by atoms with E-state index in [1.807, 2.05) is 0 Å². The van der Waals surface area contributed by atoms with Gasteiger partial charge in [-0.3, -0.25) is 4.79 Å². The van der Waals surface area contributed by atoms with Crippen LogP contribution in [0.15, 0.2) is 6.07 Å². The van der Waals surface area contributed by atoms with Gasteiger partial charge in [0.15, 0.2) is 0 Å². The average molecular weight is 254 g/mol. The van der Waals surface area contributed by atoms with Crippen LogP contribution in [0, 0.1) is 6.92 Å². The molecule has 0 spiro atoms. The smallest absolute Gasteiger partial charge is 0.354 e. The number of hydrogen-bond donors (Lipinski definition) is 5. The molecule has 0 aliphatic carbocycles. The summed E-state index contributed by atoms with van der Waals surface area (Å²) in [5.41, 5.74) is 0.644. The molecule has 0 saturated heterocycles. The van der Waals surface area contributed by atoms with Crippen molar-refractivity contribution in [2.75, 3.05) is 18.9 Å². The third-order valence-corrected chi connectivity index (χ3v) is 2.10. The van der Waals surface area contributed by atoms with Crippen molar-refractivity contribution in [1.29, 1.82) is 0 Å². The molecule has 8 nitrogen and oxygen atoms in total. The number of aryl methyl sites for hydroxylation is 1. The van der Waals surface area contributed by atoms with E-state index in [9.17, 15) is 14.4 Å². The first-order valence-corrected chi connectivity index (χ1v) is 5.12. The molecule has 18 heavy (non-hydrogen) atoms. The summed E-state index contributed by atoms with van der Waals surface area (Å²) in [5, 5.41) is 15.9. The van der Waals surface area contributed by atoms with Crippen LogP contribution in [-0.4, -0.2) is 41.6 Å². The van der Waals surface area contributed by atoms with Crippen LogP contribution in [0.2, 0.25) is 0 Å². The third kappa shape index (κ3) is 3.51. The molecule has 1 heterocycles. The molecule has 5 N–H and O–H groups in total. The van der Waals surface area contributed by atoms with Crippen molar-refractivity contribution < 1.29 is 19.5 Å². The summed E-state index contributed by atoms with van der Waals surface area (Å²) in [6.45, 7) is 1.48. The molecule has 0 radical (unpaired) electrons. The maximum Gasteiger partial charge on any atom is 0.354 e. The van der Waals surface area contributed by atoms with Crippen LogP contribution in [0.5, 0.6) is 0 Å². The molecule has 0 aliphatic rings. The van der Waals surface area contributed by atoms with E-state index in [0.29, 0.717) is 5.69 Å². The van der Waals surface area contributed by atoms with Crippen molar-refractivity contribution in [2.24, 2.45) is 0 Å². The zero-order chi connectivity index (χ0) is 13.7. The zero-order valence-corrected chi connectivity index (χ0v) is 9.96. The van der Waals surface area contributed by atoms with Gasteiger partial charge >= 0.3 is 12.0 Å². The van der Waals surface area contributed by atoms with E-state index in [1.165, 1.54) is 13.1 Å². The molecule has 1 rings (SSSR count). The predicted octanol–water partition coefficient (Wildman–Crippen LogP) is -0.111. The van der Waals surface area contributed by atoms with Crippen LogP contribution in [0.1, 0.15) is 16.2 Å². The van der Waals surface area contributed by atoms with Crippen molar-refractivity contribution in [3.05, 3.63) is 17.5 Å². The molecule has 1 aromatic rings. The molecule has 0 saturated carbocycles. The van der Waals surface area contributed by atoms with Gasteiger partial charge in [0.2, 0.25) is 5.91 Å². The quantitative estimate of drug-likeness (QED) is 0.514. The second-order valence-electron chi connectivity index (χ2n) is 3.53. The van der Waals surface area contributed by atoms with E-state index >= 15 is 0 Å². The summed E-state index contributed by atoms with van der Waals surface area (Å²) >= 11 is 0. The van der Waals surface area contributed by atoms with E-state index in [0.717, 1.165) is 0 Å². The summed E-state index contributed by atoms with van der Waals surface area (Å²) in [6.07, 6.45) is 0. The minimum atomic E-state index is -1.18. The SMILES string of the molecule is CNC(=O)CNC(=O)Nc1cc(C)[nH]c1C(=O)O. The summed E-state index contributed by atoms with van der Waals surface area (Å²) in [6, 6.07) is 0.836. The number of carbonyl (C=O) groups is 3. The van der Waals surface area contributed by atoms with E-state index < -0.39 is 12.0 Å². The van der Waals surface area contributed by atoms with Crippen molar-refractivity contribution in [3.63, 3.8) is 0 Å². The number of likely N-dealkylation sites (N-methyl/N-ethyl adjacent to an activating group) is 1. The number of H-pyrrole nitrogens is 1. The van der Waals surface area contributed by atoms with Crippen LogP contribution in [0.4, 0.5) is 10.5 Å². The molecule has 0 atom stereocenters. The van der Waals surface area contributed by atoms with Crippen LogP contribution in [-0.2, 0) is 4.79 Å². The van der Waals surface area contributed by atoms with Crippen molar-refractivity contribution in [2.45, 2.75) is 6.92 Å². The van der Waals surface area contributed by atoms with Gasteiger partial charge < -0.3 is 26.0 Å². The minimum absolute atomic E-state index is 0.109. The average Bonchev–Trinajstić information content (AvgIpc) is 2.67. The lowest BCUT2D eigenvalue weighted by Gasteiger charge is -2.06. The fourth-order valence-corrected chi connectivity index (χ4v) is 1.27. The molecule has 0 aromatic carbocycles. The Balaban J connectivity index is 2.64. The minimum Gasteiger partial charge on any atom is -0.477 e. The topological polar surface area (TPSA) is 123 Å². The number of amides is 3. The summed E-state index contributed by atoms with van der Waals surface area (Å²) < 4.78 is 0. The van der Waals surface area contributed by atoms with Crippen LogP contribution >= 0.6 is 0 Å². The lowest BCUT2D eigenvalue weighted by atomic mass is 10.3. The summed E-state index contributed by atoms with van der Waals surface area (Å²) in [4.78, 5) is 35.8. The highest BCUT2D eigenvalue weighted by molar-refractivity contribution is 5.99. The van der Waals surface area contributed by atoms with Crippen LogP contribution in [0.3, 0.4) is 0 Å². The molecule has 1 aromatic heterocycles. The molecule has 0 bridgehead atoms. The largest absolute Gasteiger partial charge is 0.477 e. The van der Waals surface area contributed by atoms with Gasteiger partial charge in [0.05, 0.1) is 12.2 Å². The van der Waals surface area contributed by atoms with E-state index in [2.05, 4.69) is 20.9 Å². The Morgan fingerprint density at radius 2 is 2.06 bits per heavy atom. The number of urea groups is 1. The van der Waals surface area contributed by atoms with Crippen LogP contribution < -0.4 is 16.0 Å². The fourth-order valence-electron chi connectivity index (χ4n) is 1.27. The number of carboxylic acid groups (broad SMARTS) is 1. The number of carboxylic acids is 1. The second-order valence-corrected chi connectivity index (χ2v) is 3.53. The zero-order valence-electron chi connectivity index (χ0n) is 9.96. The van der Waals surface area contributed by atoms with E-state index in [1.54, 1.807) is 6.92 Å². The first-order chi connectivity index (χ1) is 8.43. The van der Waals surface area contributed by atoms with Gasteiger partial charge in [0.1, 0.15) is 5.69 Å².